The number of H-pyrrole nitrogens is 1. The molecule has 0 radical (unpaired) electrons. The van der Waals surface area contributed by atoms with Gasteiger partial charge in [-0.25, -0.2) is 0 Å². The molecule has 21 heavy (non-hydrogen) atoms. The first kappa shape index (κ1) is 13.1. The highest BCUT2D eigenvalue weighted by Crippen LogP contribution is 2.55. The summed E-state index contributed by atoms with van der Waals surface area (Å²) in [5.74, 6) is 0.876. The zero-order chi connectivity index (χ0) is 14.8. The molecule has 4 atom stereocenters. The van der Waals surface area contributed by atoms with Gasteiger partial charge in [0.1, 0.15) is 6.04 Å². The molecule has 2 aromatic rings. The highest BCUT2D eigenvalue weighted by atomic mass is 16.5. The Hall–Kier alpha value is -1.58. The van der Waals surface area contributed by atoms with Crippen LogP contribution in [0.3, 0.4) is 0 Å². The average molecular weight is 282 g/mol. The molecular weight excluding hydrogens is 260 g/mol. The number of para-hydroxylation sites is 1. The Kier molecular flexibility index (Phi) is 2.63. The van der Waals surface area contributed by atoms with Crippen molar-refractivity contribution in [2.75, 3.05) is 13.6 Å². The molecule has 1 aliphatic carbocycles. The summed E-state index contributed by atoms with van der Waals surface area (Å²) in [4.78, 5) is 3.53. The van der Waals surface area contributed by atoms with Gasteiger partial charge in [0.15, 0.2) is 0 Å². The van der Waals surface area contributed by atoms with E-state index < -0.39 is 0 Å². The lowest BCUT2D eigenvalue weighted by atomic mass is 9.66. The summed E-state index contributed by atoms with van der Waals surface area (Å²) >= 11 is 0. The third-order valence-electron chi connectivity index (χ3n) is 5.68. The van der Waals surface area contributed by atoms with Crippen LogP contribution in [0.1, 0.15) is 37.1 Å². The lowest BCUT2D eigenvalue weighted by Crippen LogP contribution is -2.53. The predicted octanol–water partition coefficient (Wildman–Crippen LogP) is 4.23. The van der Waals surface area contributed by atoms with Gasteiger partial charge in [0.2, 0.25) is 0 Å². The van der Waals surface area contributed by atoms with Gasteiger partial charge in [-0.05, 0) is 24.0 Å². The Morgan fingerprint density at radius 1 is 1.38 bits per heavy atom. The number of hydroxylamine groups is 3. The number of rotatable bonds is 1. The molecule has 4 rings (SSSR count). The molecule has 1 N–H and O–H groups in total. The average Bonchev–Trinajstić information content (AvgIpc) is 2.84. The number of likely N-dealkylation sites (tertiary alicyclic amines) is 1. The van der Waals surface area contributed by atoms with E-state index in [1.165, 1.54) is 16.5 Å². The summed E-state index contributed by atoms with van der Waals surface area (Å²) in [6.45, 7) is 7.29. The number of hydrogen-bond donors (Lipinski definition) is 1. The van der Waals surface area contributed by atoms with Crippen molar-refractivity contribution in [2.24, 2.45) is 11.8 Å². The monoisotopic (exact) mass is 282 g/mol. The van der Waals surface area contributed by atoms with Crippen LogP contribution in [0, 0.1) is 17.0 Å². The third-order valence-corrected chi connectivity index (χ3v) is 5.68. The number of nitrogens with one attached hydrogen (secondary N) is 1. The van der Waals surface area contributed by atoms with Crippen LogP contribution in [0.4, 0.5) is 0 Å². The van der Waals surface area contributed by atoms with E-state index in [-0.39, 0.29) is 10.7 Å². The van der Waals surface area contributed by atoms with Gasteiger partial charge < -0.3 is 14.8 Å². The first-order chi connectivity index (χ1) is 10.0. The molecule has 0 amide bonds. The van der Waals surface area contributed by atoms with Gasteiger partial charge in [-0.1, -0.05) is 31.7 Å². The van der Waals surface area contributed by atoms with Crippen molar-refractivity contribution in [3.63, 3.8) is 0 Å². The third kappa shape index (κ3) is 1.62. The van der Waals surface area contributed by atoms with Gasteiger partial charge in [-0.15, -0.1) is 0 Å². The molecule has 1 aliphatic heterocycles. The molecule has 3 nitrogen and oxygen atoms in total. The van der Waals surface area contributed by atoms with Gasteiger partial charge >= 0.3 is 0 Å². The largest absolute Gasteiger partial charge is 0.633 e. The molecule has 1 fully saturated rings. The van der Waals surface area contributed by atoms with E-state index in [0.717, 1.165) is 24.1 Å². The molecule has 2 aliphatic rings. The lowest BCUT2D eigenvalue weighted by Gasteiger charge is -2.56. The van der Waals surface area contributed by atoms with Gasteiger partial charge in [0.05, 0.1) is 19.3 Å². The molecule has 2 unspecified atom stereocenters. The first-order valence-corrected chi connectivity index (χ1v) is 7.90. The zero-order valence-corrected chi connectivity index (χ0v) is 12.7. The fourth-order valence-electron chi connectivity index (χ4n) is 4.71. The molecule has 2 heterocycles. The van der Waals surface area contributed by atoms with E-state index in [0.29, 0.717) is 18.4 Å². The van der Waals surface area contributed by atoms with Crippen LogP contribution in [-0.2, 0) is 0 Å². The quantitative estimate of drug-likeness (QED) is 0.617. The Bertz CT molecular complexity index is 728. The number of allylic oxidation sites excluding steroid dienone is 1. The van der Waals surface area contributed by atoms with Gasteiger partial charge in [-0.3, -0.25) is 0 Å². The van der Waals surface area contributed by atoms with E-state index >= 15 is 0 Å². The minimum atomic E-state index is -0.142. The number of fused-ring (bicyclic) bond motifs is 6. The summed E-state index contributed by atoms with van der Waals surface area (Å²) in [6, 6.07) is 8.39. The van der Waals surface area contributed by atoms with Crippen LogP contribution in [0.5, 0.6) is 0 Å². The van der Waals surface area contributed by atoms with Crippen molar-refractivity contribution < 1.29 is 4.65 Å². The van der Waals surface area contributed by atoms with E-state index in [1.54, 1.807) is 0 Å². The van der Waals surface area contributed by atoms with Crippen molar-refractivity contribution in [2.45, 2.75) is 25.8 Å². The molecule has 1 saturated heterocycles. The number of quaternary nitrogens is 1. The Balaban J connectivity index is 2.05. The SMILES string of the molecule is C=C1c2[nH]c3ccccc3c2[C@@H]2C(CC)[C@@H]1CC[N+]2(C)[O-]. The summed E-state index contributed by atoms with van der Waals surface area (Å²) in [7, 11) is 1.85. The summed E-state index contributed by atoms with van der Waals surface area (Å²) in [5, 5.41) is 14.3. The number of piperidine rings is 1. The second-order valence-electron chi connectivity index (χ2n) is 6.79. The molecule has 110 valence electrons. The second-order valence-corrected chi connectivity index (χ2v) is 6.79. The van der Waals surface area contributed by atoms with Crippen molar-refractivity contribution in [1.82, 2.24) is 4.98 Å². The number of benzene rings is 1. The molecule has 3 heteroatoms. The summed E-state index contributed by atoms with van der Waals surface area (Å²) in [6.07, 6.45) is 2.01. The van der Waals surface area contributed by atoms with Crippen molar-refractivity contribution in [1.29, 1.82) is 0 Å². The fraction of sp³-hybridized carbons (Fsp3) is 0.444. The van der Waals surface area contributed by atoms with Gasteiger partial charge in [0.25, 0.3) is 0 Å². The Morgan fingerprint density at radius 3 is 2.90 bits per heavy atom. The molecule has 0 spiro atoms. The zero-order valence-electron chi connectivity index (χ0n) is 12.7. The van der Waals surface area contributed by atoms with Crippen molar-refractivity contribution in [3.05, 3.63) is 47.3 Å². The molecule has 0 saturated carbocycles. The minimum Gasteiger partial charge on any atom is -0.633 e. The van der Waals surface area contributed by atoms with E-state index in [2.05, 4.69) is 36.7 Å². The smallest absolute Gasteiger partial charge is 0.120 e. The number of aromatic amines is 1. The van der Waals surface area contributed by atoms with Gasteiger partial charge in [-0.2, -0.15) is 0 Å². The van der Waals surface area contributed by atoms with Crippen LogP contribution in [-0.4, -0.2) is 23.2 Å². The first-order valence-electron chi connectivity index (χ1n) is 7.90. The molecule has 1 aromatic heterocycles. The summed E-state index contributed by atoms with van der Waals surface area (Å²) in [5.41, 5.74) is 4.70. The standard InChI is InChI=1S/C18H22N2O/c1-4-12-13-9-10-20(3,21)18(12)16-14-7-5-6-8-15(14)19-17(16)11(13)2/h5-8,12-13,18-19H,2,4,9-10H2,1,3H3/t12?,13-,18+,20?/m1/s1. The highest BCUT2D eigenvalue weighted by Gasteiger charge is 2.50. The van der Waals surface area contributed by atoms with Crippen LogP contribution < -0.4 is 0 Å². The van der Waals surface area contributed by atoms with E-state index in [1.807, 2.05) is 13.1 Å². The molecule has 1 aromatic carbocycles. The van der Waals surface area contributed by atoms with Crippen LogP contribution >= 0.6 is 0 Å². The maximum absolute atomic E-state index is 13.1. The second kappa shape index (κ2) is 4.21. The van der Waals surface area contributed by atoms with Crippen molar-refractivity contribution in [3.8, 4) is 0 Å². The lowest BCUT2D eigenvalue weighted by molar-refractivity contribution is -0.904. The Labute approximate surface area is 125 Å². The number of hydrogen-bond acceptors (Lipinski definition) is 1. The maximum atomic E-state index is 13.1. The van der Waals surface area contributed by atoms with E-state index in [9.17, 15) is 5.21 Å². The number of nitrogens with zero attached hydrogens (tertiary/aromatic N) is 1. The summed E-state index contributed by atoms with van der Waals surface area (Å²) < 4.78 is -0.142. The van der Waals surface area contributed by atoms with E-state index in [4.69, 9.17) is 0 Å². The highest BCUT2D eigenvalue weighted by molar-refractivity contribution is 5.90. The van der Waals surface area contributed by atoms with Gasteiger partial charge in [0, 0.05) is 28.8 Å². The fourth-order valence-corrected chi connectivity index (χ4v) is 4.71. The topological polar surface area (TPSA) is 38.8 Å². The van der Waals surface area contributed by atoms with Crippen LogP contribution in [0.15, 0.2) is 30.8 Å². The minimum absolute atomic E-state index is 0.0467. The molecular formula is C18H22N2O. The van der Waals surface area contributed by atoms with Crippen LogP contribution in [0.2, 0.25) is 0 Å². The Morgan fingerprint density at radius 2 is 2.14 bits per heavy atom. The normalized spacial score (nSPS) is 35.0. The number of aromatic nitrogens is 1. The maximum Gasteiger partial charge on any atom is 0.120 e. The van der Waals surface area contributed by atoms with Crippen LogP contribution in [0.25, 0.3) is 16.5 Å². The predicted molar refractivity (Wildman–Crippen MR) is 86.4 cm³/mol. The molecule has 2 bridgehead atoms. The van der Waals surface area contributed by atoms with Crippen molar-refractivity contribution >= 4 is 16.5 Å².